The lowest BCUT2D eigenvalue weighted by Crippen LogP contribution is -1.96. The van der Waals surface area contributed by atoms with E-state index in [1.54, 1.807) is 6.20 Å². The normalized spacial score (nSPS) is 9.18. The van der Waals surface area contributed by atoms with Crippen molar-refractivity contribution < 1.29 is 0 Å². The molecule has 0 aliphatic rings. The highest BCUT2D eigenvalue weighted by Crippen LogP contribution is 2.10. The third kappa shape index (κ3) is 1.80. The lowest BCUT2D eigenvalue weighted by molar-refractivity contribution is 1.18. The topological polar surface area (TPSA) is 24.9 Å². The largest absolute Gasteiger partial charge is 0.373 e. The van der Waals surface area contributed by atoms with Gasteiger partial charge in [-0.2, -0.15) is 0 Å². The summed E-state index contributed by atoms with van der Waals surface area (Å²) < 4.78 is 0. The molecule has 0 saturated carbocycles. The third-order valence-electron chi connectivity index (χ3n) is 1.49. The van der Waals surface area contributed by atoms with Crippen molar-refractivity contribution in [3.8, 4) is 0 Å². The molecule has 1 aromatic heterocycles. The van der Waals surface area contributed by atoms with Crippen molar-refractivity contribution >= 4 is 5.82 Å². The van der Waals surface area contributed by atoms with E-state index in [9.17, 15) is 0 Å². The van der Waals surface area contributed by atoms with E-state index in [0.29, 0.717) is 0 Å². The van der Waals surface area contributed by atoms with E-state index in [4.69, 9.17) is 0 Å². The van der Waals surface area contributed by atoms with E-state index in [1.165, 1.54) is 5.56 Å². The fourth-order valence-electron chi connectivity index (χ4n) is 0.984. The van der Waals surface area contributed by atoms with Crippen LogP contribution in [-0.4, -0.2) is 12.0 Å². The quantitative estimate of drug-likeness (QED) is 0.662. The first-order valence-electron chi connectivity index (χ1n) is 3.61. The Hall–Kier alpha value is -1.31. The molecule has 1 aromatic rings. The smallest absolute Gasteiger partial charge is 0.129 e. The van der Waals surface area contributed by atoms with Crippen molar-refractivity contribution in [2.75, 3.05) is 12.4 Å². The Morgan fingerprint density at radius 3 is 3.18 bits per heavy atom. The molecule has 0 atom stereocenters. The molecule has 1 N–H and O–H groups in total. The molecule has 0 aliphatic heterocycles. The Balaban J connectivity index is 2.92. The highest BCUT2D eigenvalue weighted by molar-refractivity contribution is 5.43. The first-order chi connectivity index (χ1) is 5.38. The zero-order chi connectivity index (χ0) is 8.10. The number of hydrogen-bond acceptors (Lipinski definition) is 2. The SMILES string of the molecule is C=CCc1cccnc1NC. The minimum atomic E-state index is 0.865. The molecule has 1 rings (SSSR count). The van der Waals surface area contributed by atoms with Crippen LogP contribution < -0.4 is 5.32 Å². The maximum atomic E-state index is 4.16. The van der Waals surface area contributed by atoms with Crippen molar-refractivity contribution in [2.24, 2.45) is 0 Å². The predicted molar refractivity (Wildman–Crippen MR) is 47.7 cm³/mol. The minimum absolute atomic E-state index is 0.865. The van der Waals surface area contributed by atoms with Gasteiger partial charge in [0.2, 0.25) is 0 Å². The molecule has 58 valence electrons. The van der Waals surface area contributed by atoms with Gasteiger partial charge in [-0.1, -0.05) is 12.1 Å². The van der Waals surface area contributed by atoms with Crippen LogP contribution in [0, 0.1) is 0 Å². The lowest BCUT2D eigenvalue weighted by Gasteiger charge is -2.03. The molecule has 1 heterocycles. The number of hydrogen-bond donors (Lipinski definition) is 1. The van der Waals surface area contributed by atoms with Crippen LogP contribution in [0.15, 0.2) is 31.0 Å². The highest BCUT2D eigenvalue weighted by atomic mass is 15.0. The molecule has 2 heteroatoms. The van der Waals surface area contributed by atoms with Gasteiger partial charge in [0.25, 0.3) is 0 Å². The van der Waals surface area contributed by atoms with Gasteiger partial charge in [-0.05, 0) is 18.1 Å². The zero-order valence-corrected chi connectivity index (χ0v) is 6.67. The van der Waals surface area contributed by atoms with E-state index < -0.39 is 0 Å². The number of rotatable bonds is 3. The van der Waals surface area contributed by atoms with Crippen LogP contribution in [-0.2, 0) is 6.42 Å². The summed E-state index contributed by atoms with van der Waals surface area (Å²) in [5.41, 5.74) is 1.19. The maximum Gasteiger partial charge on any atom is 0.129 e. The average molecular weight is 148 g/mol. The van der Waals surface area contributed by atoms with Crippen LogP contribution in [0.1, 0.15) is 5.56 Å². The number of allylic oxidation sites excluding steroid dienone is 1. The summed E-state index contributed by atoms with van der Waals surface area (Å²) in [6.45, 7) is 3.68. The molecule has 11 heavy (non-hydrogen) atoms. The molecule has 2 nitrogen and oxygen atoms in total. The molecule has 0 amide bonds. The molecule has 0 aliphatic carbocycles. The fourth-order valence-corrected chi connectivity index (χ4v) is 0.984. The van der Waals surface area contributed by atoms with Crippen LogP contribution in [0.3, 0.4) is 0 Å². The van der Waals surface area contributed by atoms with Crippen molar-refractivity contribution in [1.82, 2.24) is 4.98 Å². The van der Waals surface area contributed by atoms with Crippen molar-refractivity contribution in [3.63, 3.8) is 0 Å². The number of anilines is 1. The predicted octanol–water partition coefficient (Wildman–Crippen LogP) is 1.85. The summed E-state index contributed by atoms with van der Waals surface area (Å²) in [4.78, 5) is 4.16. The Morgan fingerprint density at radius 1 is 1.73 bits per heavy atom. The molecule has 0 radical (unpaired) electrons. The number of pyridine rings is 1. The Bertz CT molecular complexity index is 243. The monoisotopic (exact) mass is 148 g/mol. The van der Waals surface area contributed by atoms with Gasteiger partial charge in [0.1, 0.15) is 5.82 Å². The average Bonchev–Trinajstić information content (AvgIpc) is 2.06. The molecule has 0 saturated heterocycles. The van der Waals surface area contributed by atoms with Crippen molar-refractivity contribution in [2.45, 2.75) is 6.42 Å². The third-order valence-corrected chi connectivity index (χ3v) is 1.49. The fraction of sp³-hybridized carbons (Fsp3) is 0.222. The Labute approximate surface area is 67.0 Å². The van der Waals surface area contributed by atoms with Crippen molar-refractivity contribution in [3.05, 3.63) is 36.5 Å². The summed E-state index contributed by atoms with van der Waals surface area (Å²) in [6.07, 6.45) is 4.51. The van der Waals surface area contributed by atoms with E-state index >= 15 is 0 Å². The van der Waals surface area contributed by atoms with E-state index in [2.05, 4.69) is 16.9 Å². The number of aromatic nitrogens is 1. The molecular formula is C9H12N2. The van der Waals surface area contributed by atoms with E-state index in [-0.39, 0.29) is 0 Å². The van der Waals surface area contributed by atoms with Gasteiger partial charge in [0.15, 0.2) is 0 Å². The van der Waals surface area contributed by atoms with Crippen LogP contribution in [0.5, 0.6) is 0 Å². The minimum Gasteiger partial charge on any atom is -0.373 e. The molecule has 0 fully saturated rings. The second kappa shape index (κ2) is 3.76. The second-order valence-electron chi connectivity index (χ2n) is 2.25. The zero-order valence-electron chi connectivity index (χ0n) is 6.67. The van der Waals surface area contributed by atoms with Crippen LogP contribution >= 0.6 is 0 Å². The van der Waals surface area contributed by atoms with Gasteiger partial charge in [-0.25, -0.2) is 4.98 Å². The Kier molecular flexibility index (Phi) is 2.66. The lowest BCUT2D eigenvalue weighted by atomic mass is 10.2. The standard InChI is InChI=1S/C9H12N2/c1-3-5-8-6-4-7-11-9(8)10-2/h3-4,6-7H,1,5H2,2H3,(H,10,11). The van der Waals surface area contributed by atoms with Gasteiger partial charge in [0, 0.05) is 13.2 Å². The van der Waals surface area contributed by atoms with Crippen LogP contribution in [0.4, 0.5) is 5.82 Å². The van der Waals surface area contributed by atoms with Crippen molar-refractivity contribution in [1.29, 1.82) is 0 Å². The molecular weight excluding hydrogens is 136 g/mol. The van der Waals surface area contributed by atoms with E-state index in [1.807, 2.05) is 25.3 Å². The highest BCUT2D eigenvalue weighted by Gasteiger charge is 1.96. The first-order valence-corrected chi connectivity index (χ1v) is 3.61. The number of nitrogens with zero attached hydrogens (tertiary/aromatic N) is 1. The van der Waals surface area contributed by atoms with Gasteiger partial charge < -0.3 is 5.32 Å². The second-order valence-corrected chi connectivity index (χ2v) is 2.25. The summed E-state index contributed by atoms with van der Waals surface area (Å²) in [5.74, 6) is 0.937. The summed E-state index contributed by atoms with van der Waals surface area (Å²) >= 11 is 0. The maximum absolute atomic E-state index is 4.16. The molecule has 0 aromatic carbocycles. The summed E-state index contributed by atoms with van der Waals surface area (Å²) in [7, 11) is 1.87. The first kappa shape index (κ1) is 7.79. The summed E-state index contributed by atoms with van der Waals surface area (Å²) in [6, 6.07) is 3.97. The molecule has 0 spiro atoms. The van der Waals surface area contributed by atoms with E-state index in [0.717, 1.165) is 12.2 Å². The molecule has 0 bridgehead atoms. The van der Waals surface area contributed by atoms with Gasteiger partial charge in [-0.3, -0.25) is 0 Å². The van der Waals surface area contributed by atoms with Gasteiger partial charge in [-0.15, -0.1) is 6.58 Å². The summed E-state index contributed by atoms with van der Waals surface area (Å²) in [5, 5.41) is 3.02. The van der Waals surface area contributed by atoms with Gasteiger partial charge >= 0.3 is 0 Å². The van der Waals surface area contributed by atoms with Crippen LogP contribution in [0.25, 0.3) is 0 Å². The number of nitrogens with one attached hydrogen (secondary N) is 1. The Morgan fingerprint density at radius 2 is 2.55 bits per heavy atom. The van der Waals surface area contributed by atoms with Gasteiger partial charge in [0.05, 0.1) is 0 Å². The van der Waals surface area contributed by atoms with Crippen LogP contribution in [0.2, 0.25) is 0 Å². The molecule has 0 unspecified atom stereocenters.